The molecular weight excluding hydrogens is 629 g/mol. The summed E-state index contributed by atoms with van der Waals surface area (Å²) in [7, 11) is 0. The zero-order chi connectivity index (χ0) is 37.0. The van der Waals surface area contributed by atoms with Crippen LogP contribution in [-0.4, -0.2) is 30.5 Å². The fourth-order valence-electron chi connectivity index (χ4n) is 7.94. The van der Waals surface area contributed by atoms with Crippen molar-refractivity contribution in [3.63, 3.8) is 0 Å². The summed E-state index contributed by atoms with van der Waals surface area (Å²) in [6.07, 6.45) is 57.6. The first-order chi connectivity index (χ1) is 25.2. The van der Waals surface area contributed by atoms with Crippen LogP contribution in [0.25, 0.3) is 0 Å². The molecule has 3 nitrogen and oxygen atoms in total. The third-order valence-corrected chi connectivity index (χ3v) is 11.5. The molecule has 0 heterocycles. The Kier molecular flexibility index (Phi) is 51.1. The van der Waals surface area contributed by atoms with Crippen molar-refractivity contribution in [2.75, 3.05) is 19.6 Å². The van der Waals surface area contributed by atoms with E-state index < -0.39 is 5.97 Å². The Hall–Kier alpha value is 0.0274. The van der Waals surface area contributed by atoms with Crippen LogP contribution in [0.2, 0.25) is 0 Å². The Labute approximate surface area is 341 Å². The van der Waals surface area contributed by atoms with Crippen LogP contribution in [0.15, 0.2) is 0 Å². The van der Waals surface area contributed by atoms with Crippen molar-refractivity contribution >= 4 is 5.97 Å². The smallest absolute Gasteiger partial charge is 0.550 e. The molecule has 306 valence electrons. The van der Waals surface area contributed by atoms with Crippen molar-refractivity contribution in [1.29, 1.82) is 0 Å². The van der Waals surface area contributed by atoms with Gasteiger partial charge in [-0.25, -0.2) is 0 Å². The van der Waals surface area contributed by atoms with Crippen molar-refractivity contribution < 1.29 is 28.8 Å². The average molecular weight is 726 g/mol. The Morgan fingerprint density at radius 2 is 0.481 bits per heavy atom. The minimum Gasteiger partial charge on any atom is -0.550 e. The van der Waals surface area contributed by atoms with Crippen LogP contribution < -0.4 is 24.0 Å². The number of unbranched alkanes of at least 4 members (excludes halogenated alkanes) is 38. The molecule has 0 N–H and O–H groups in total. The van der Waals surface area contributed by atoms with E-state index in [2.05, 4.69) is 18.7 Å². The Bertz CT molecular complexity index is 602. The van der Waals surface area contributed by atoms with Gasteiger partial charge < -0.3 is 14.8 Å². The van der Waals surface area contributed by atoms with E-state index in [1.165, 1.54) is 257 Å². The number of carbonyl (C=O) groups is 1. The van der Waals surface area contributed by atoms with Crippen molar-refractivity contribution in [2.45, 2.75) is 284 Å². The van der Waals surface area contributed by atoms with Crippen LogP contribution in [0, 0.1) is 0 Å². The quantitative estimate of drug-likeness (QED) is 0.0463. The van der Waals surface area contributed by atoms with Gasteiger partial charge in [-0.2, -0.15) is 0 Å². The maximum atomic E-state index is 10.8. The molecule has 0 aliphatic carbocycles. The number of aliphatic carboxylic acids is 1. The van der Waals surface area contributed by atoms with E-state index in [0.717, 1.165) is 25.8 Å². The monoisotopic (exact) mass is 726 g/mol. The minimum absolute atomic E-state index is 0. The number of rotatable bonds is 46. The van der Waals surface area contributed by atoms with Gasteiger partial charge in [0.05, 0.1) is 0 Å². The van der Waals surface area contributed by atoms with E-state index in [-0.39, 0.29) is 25.3 Å². The number of hydrogen-bond donors (Lipinski definition) is 0. The molecule has 0 aromatic heterocycles. The maximum absolute atomic E-state index is 10.8. The molecule has 0 aliphatic heterocycles. The molecular formula is C48H96LiNO2. The number of nitrogens with zero attached hydrogens (tertiary/aromatic N) is 1. The maximum Gasteiger partial charge on any atom is 1.00 e. The summed E-state index contributed by atoms with van der Waals surface area (Å²) in [6, 6.07) is 0. The van der Waals surface area contributed by atoms with E-state index in [9.17, 15) is 9.90 Å². The van der Waals surface area contributed by atoms with Crippen LogP contribution in [0.5, 0.6) is 0 Å². The van der Waals surface area contributed by atoms with Crippen LogP contribution in [0.3, 0.4) is 0 Å². The molecule has 0 saturated carbocycles. The van der Waals surface area contributed by atoms with Gasteiger partial charge in [0.25, 0.3) is 0 Å². The first-order valence-corrected chi connectivity index (χ1v) is 24.1. The van der Waals surface area contributed by atoms with Crippen molar-refractivity contribution in [1.82, 2.24) is 4.90 Å². The molecule has 0 radical (unpaired) electrons. The van der Waals surface area contributed by atoms with Crippen LogP contribution in [0.1, 0.15) is 284 Å². The standard InChI is InChI=1S/C48H97NO2.Li/c1-3-5-7-9-11-13-15-17-19-21-23-25-27-29-31-33-35-37-41-45-49(47-43-39-40-44-48(50)51)46-42-38-36-34-32-30-28-26-24-22-20-18-16-14-12-10-8-6-4-2;/h3-47H2,1-2H3,(H,50,51);/q;+1/p-1. The Morgan fingerprint density at radius 1 is 0.308 bits per heavy atom. The van der Waals surface area contributed by atoms with E-state index in [1.807, 2.05) is 0 Å². The summed E-state index contributed by atoms with van der Waals surface area (Å²) in [5.41, 5.74) is 0. The molecule has 0 atom stereocenters. The molecule has 0 aromatic rings. The van der Waals surface area contributed by atoms with Gasteiger partial charge in [-0.1, -0.05) is 251 Å². The van der Waals surface area contributed by atoms with Gasteiger partial charge >= 0.3 is 18.9 Å². The Balaban J connectivity index is 0. The van der Waals surface area contributed by atoms with E-state index in [1.54, 1.807) is 0 Å². The summed E-state index contributed by atoms with van der Waals surface area (Å²) in [4.78, 5) is 13.5. The second kappa shape index (κ2) is 49.0. The molecule has 0 fully saturated rings. The predicted molar refractivity (Wildman–Crippen MR) is 227 cm³/mol. The molecule has 52 heavy (non-hydrogen) atoms. The van der Waals surface area contributed by atoms with Gasteiger partial charge in [0.1, 0.15) is 0 Å². The molecule has 4 heteroatoms. The topological polar surface area (TPSA) is 43.4 Å². The fourth-order valence-corrected chi connectivity index (χ4v) is 7.94. The number of carboxylic acids is 1. The van der Waals surface area contributed by atoms with Crippen LogP contribution in [0.4, 0.5) is 0 Å². The molecule has 0 aliphatic rings. The second-order valence-corrected chi connectivity index (χ2v) is 16.8. The summed E-state index contributed by atoms with van der Waals surface area (Å²) >= 11 is 0. The van der Waals surface area contributed by atoms with Crippen molar-refractivity contribution in [2.24, 2.45) is 0 Å². The van der Waals surface area contributed by atoms with E-state index >= 15 is 0 Å². The summed E-state index contributed by atoms with van der Waals surface area (Å²) < 4.78 is 0. The third-order valence-electron chi connectivity index (χ3n) is 11.5. The minimum atomic E-state index is -0.893. The van der Waals surface area contributed by atoms with E-state index in [4.69, 9.17) is 0 Å². The molecule has 0 saturated heterocycles. The van der Waals surface area contributed by atoms with E-state index in [0.29, 0.717) is 0 Å². The predicted octanol–water partition coefficient (Wildman–Crippen LogP) is 12.5. The van der Waals surface area contributed by atoms with Crippen LogP contribution >= 0.6 is 0 Å². The average Bonchev–Trinajstić information content (AvgIpc) is 3.12. The fraction of sp³-hybridized carbons (Fsp3) is 0.979. The normalized spacial score (nSPS) is 11.4. The number of hydrogen-bond acceptors (Lipinski definition) is 3. The van der Waals surface area contributed by atoms with Crippen molar-refractivity contribution in [3.8, 4) is 0 Å². The van der Waals surface area contributed by atoms with Gasteiger partial charge in [0.2, 0.25) is 0 Å². The third kappa shape index (κ3) is 48.0. The number of carboxylic acid groups (broad SMARTS) is 1. The summed E-state index contributed by atoms with van der Waals surface area (Å²) in [6.45, 7) is 8.22. The zero-order valence-electron chi connectivity index (χ0n) is 36.6. The van der Waals surface area contributed by atoms with Gasteiger partial charge in [-0.05, 0) is 51.7 Å². The number of carbonyl (C=O) groups excluding carboxylic acids is 1. The molecule has 0 unspecified atom stereocenters. The molecule has 0 amide bonds. The first-order valence-electron chi connectivity index (χ1n) is 24.1. The zero-order valence-corrected chi connectivity index (χ0v) is 36.6. The van der Waals surface area contributed by atoms with Gasteiger partial charge in [-0.3, -0.25) is 0 Å². The van der Waals surface area contributed by atoms with Gasteiger partial charge in [0, 0.05) is 5.97 Å². The Morgan fingerprint density at radius 3 is 0.673 bits per heavy atom. The molecule has 0 bridgehead atoms. The first kappa shape index (κ1) is 54.1. The van der Waals surface area contributed by atoms with Gasteiger partial charge in [0.15, 0.2) is 0 Å². The van der Waals surface area contributed by atoms with Crippen molar-refractivity contribution in [3.05, 3.63) is 0 Å². The SMILES string of the molecule is CCCCCCCCCCCCCCCCCCCCCN(CCCCCCCCCCCCCCCCCCCCC)CCCCCC(=O)[O-].[Li+]. The van der Waals surface area contributed by atoms with Gasteiger partial charge in [-0.15, -0.1) is 0 Å². The summed E-state index contributed by atoms with van der Waals surface area (Å²) in [5, 5.41) is 10.8. The molecule has 0 rings (SSSR count). The van der Waals surface area contributed by atoms with Crippen LogP contribution in [-0.2, 0) is 4.79 Å². The largest absolute Gasteiger partial charge is 1.00 e. The molecule has 0 spiro atoms. The second-order valence-electron chi connectivity index (χ2n) is 16.8. The molecule has 0 aromatic carbocycles. The summed E-state index contributed by atoms with van der Waals surface area (Å²) in [5.74, 6) is -0.893.